The Labute approximate surface area is 124 Å². The summed E-state index contributed by atoms with van der Waals surface area (Å²) in [7, 11) is -3.08. The van der Waals surface area contributed by atoms with E-state index in [0.29, 0.717) is 5.92 Å². The second-order valence-electron chi connectivity index (χ2n) is 6.84. The Hall–Kier alpha value is -0.130. The van der Waals surface area contributed by atoms with Gasteiger partial charge in [0, 0.05) is 12.1 Å². The predicted octanol–water partition coefficient (Wildman–Crippen LogP) is 2.26. The van der Waals surface area contributed by atoms with Gasteiger partial charge in [-0.25, -0.2) is 13.1 Å². The highest BCUT2D eigenvalue weighted by Crippen LogP contribution is 2.29. The van der Waals surface area contributed by atoms with Crippen LogP contribution in [-0.2, 0) is 10.0 Å². The molecule has 5 heteroatoms. The molecule has 3 atom stereocenters. The minimum Gasteiger partial charge on any atom is -0.314 e. The SMILES string of the molecule is CC1CCC(NS(=O)(=O)CCCCNC2CC2)CC1C. The standard InChI is InChI=1S/C15H30N2O2S/c1-12-5-6-15(11-13(12)2)17-20(18,19)10-4-3-9-16-14-7-8-14/h12-17H,3-11H2,1-2H3. The summed E-state index contributed by atoms with van der Waals surface area (Å²) in [6, 6.07) is 0.881. The van der Waals surface area contributed by atoms with Gasteiger partial charge in [0.1, 0.15) is 0 Å². The first kappa shape index (κ1) is 16.2. The summed E-state index contributed by atoms with van der Waals surface area (Å²) in [5.74, 6) is 1.63. The van der Waals surface area contributed by atoms with E-state index < -0.39 is 10.0 Å². The number of nitrogens with one attached hydrogen (secondary N) is 2. The Balaban J connectivity index is 1.62. The van der Waals surface area contributed by atoms with Crippen molar-refractivity contribution in [3.05, 3.63) is 0 Å². The molecule has 0 radical (unpaired) electrons. The molecule has 0 heterocycles. The molecular weight excluding hydrogens is 272 g/mol. The largest absolute Gasteiger partial charge is 0.314 e. The minimum absolute atomic E-state index is 0.163. The molecule has 2 saturated carbocycles. The summed E-state index contributed by atoms with van der Waals surface area (Å²) in [5, 5.41) is 3.42. The van der Waals surface area contributed by atoms with Gasteiger partial charge in [-0.1, -0.05) is 13.8 Å². The lowest BCUT2D eigenvalue weighted by Gasteiger charge is -2.32. The van der Waals surface area contributed by atoms with E-state index in [0.717, 1.165) is 50.6 Å². The second-order valence-corrected chi connectivity index (χ2v) is 8.71. The molecule has 0 spiro atoms. The average molecular weight is 302 g/mol. The van der Waals surface area contributed by atoms with Crippen molar-refractivity contribution in [3.63, 3.8) is 0 Å². The van der Waals surface area contributed by atoms with Gasteiger partial charge in [-0.15, -0.1) is 0 Å². The summed E-state index contributed by atoms with van der Waals surface area (Å²) in [6.45, 7) is 5.45. The number of rotatable bonds is 8. The lowest BCUT2D eigenvalue weighted by molar-refractivity contribution is 0.242. The third-order valence-electron chi connectivity index (χ3n) is 4.79. The van der Waals surface area contributed by atoms with Crippen LogP contribution in [-0.4, -0.2) is 32.8 Å². The van der Waals surface area contributed by atoms with E-state index in [1.54, 1.807) is 0 Å². The van der Waals surface area contributed by atoms with Crippen LogP contribution < -0.4 is 10.0 Å². The molecule has 2 fully saturated rings. The van der Waals surface area contributed by atoms with Crippen LogP contribution in [0.1, 0.15) is 58.8 Å². The summed E-state index contributed by atoms with van der Waals surface area (Å²) in [4.78, 5) is 0. The molecule has 0 amide bonds. The van der Waals surface area contributed by atoms with Gasteiger partial charge < -0.3 is 5.32 Å². The molecule has 2 rings (SSSR count). The van der Waals surface area contributed by atoms with Crippen LogP contribution in [0.15, 0.2) is 0 Å². The maximum absolute atomic E-state index is 12.1. The molecular formula is C15H30N2O2S. The van der Waals surface area contributed by atoms with E-state index in [1.807, 2.05) is 0 Å². The summed E-state index contributed by atoms with van der Waals surface area (Å²) >= 11 is 0. The molecule has 4 nitrogen and oxygen atoms in total. The summed E-state index contributed by atoms with van der Waals surface area (Å²) in [5.41, 5.74) is 0. The number of hydrogen-bond donors (Lipinski definition) is 2. The van der Waals surface area contributed by atoms with Gasteiger partial charge >= 0.3 is 0 Å². The molecule has 0 aromatic heterocycles. The third-order valence-corrected chi connectivity index (χ3v) is 6.31. The van der Waals surface area contributed by atoms with Crippen LogP contribution in [0.2, 0.25) is 0 Å². The van der Waals surface area contributed by atoms with E-state index in [1.165, 1.54) is 12.8 Å². The van der Waals surface area contributed by atoms with Crippen LogP contribution in [0.25, 0.3) is 0 Å². The van der Waals surface area contributed by atoms with Gasteiger partial charge in [0.05, 0.1) is 5.75 Å². The van der Waals surface area contributed by atoms with Gasteiger partial charge in [0.15, 0.2) is 0 Å². The first-order chi connectivity index (χ1) is 9.46. The third kappa shape index (κ3) is 5.70. The van der Waals surface area contributed by atoms with Crippen molar-refractivity contribution in [1.82, 2.24) is 10.0 Å². The highest BCUT2D eigenvalue weighted by Gasteiger charge is 2.27. The highest BCUT2D eigenvalue weighted by molar-refractivity contribution is 7.89. The lowest BCUT2D eigenvalue weighted by Crippen LogP contribution is -2.40. The van der Waals surface area contributed by atoms with Gasteiger partial charge in [0.2, 0.25) is 10.0 Å². The molecule has 0 bridgehead atoms. The van der Waals surface area contributed by atoms with Crippen molar-refractivity contribution >= 4 is 10.0 Å². The van der Waals surface area contributed by atoms with Crippen LogP contribution in [0.5, 0.6) is 0 Å². The van der Waals surface area contributed by atoms with E-state index in [2.05, 4.69) is 23.9 Å². The Morgan fingerprint density at radius 2 is 1.65 bits per heavy atom. The molecule has 2 aliphatic carbocycles. The molecule has 20 heavy (non-hydrogen) atoms. The maximum atomic E-state index is 12.1. The molecule has 0 saturated heterocycles. The molecule has 0 aromatic rings. The minimum atomic E-state index is -3.08. The first-order valence-electron chi connectivity index (χ1n) is 8.19. The molecule has 0 aliphatic heterocycles. The number of unbranched alkanes of at least 4 members (excludes halogenated alkanes) is 1. The Bertz CT molecular complexity index is 393. The van der Waals surface area contributed by atoms with Crippen molar-refractivity contribution in [3.8, 4) is 0 Å². The molecule has 2 N–H and O–H groups in total. The zero-order valence-electron chi connectivity index (χ0n) is 12.9. The van der Waals surface area contributed by atoms with Crippen LogP contribution in [0.4, 0.5) is 0 Å². The van der Waals surface area contributed by atoms with Crippen LogP contribution >= 0.6 is 0 Å². The molecule has 2 aliphatic rings. The Kier molecular flexibility index (Phi) is 5.87. The summed E-state index contributed by atoms with van der Waals surface area (Å²) in [6.07, 6.45) is 7.41. The predicted molar refractivity (Wildman–Crippen MR) is 83.1 cm³/mol. The van der Waals surface area contributed by atoms with Crippen molar-refractivity contribution < 1.29 is 8.42 Å². The van der Waals surface area contributed by atoms with E-state index in [-0.39, 0.29) is 11.8 Å². The van der Waals surface area contributed by atoms with Crippen LogP contribution in [0.3, 0.4) is 0 Å². The highest BCUT2D eigenvalue weighted by atomic mass is 32.2. The maximum Gasteiger partial charge on any atom is 0.211 e. The van der Waals surface area contributed by atoms with E-state index >= 15 is 0 Å². The molecule has 0 aromatic carbocycles. The van der Waals surface area contributed by atoms with Gasteiger partial charge in [-0.2, -0.15) is 0 Å². The van der Waals surface area contributed by atoms with Crippen molar-refractivity contribution in [2.24, 2.45) is 11.8 Å². The lowest BCUT2D eigenvalue weighted by atomic mass is 9.79. The van der Waals surface area contributed by atoms with Crippen LogP contribution in [0, 0.1) is 11.8 Å². The summed E-state index contributed by atoms with van der Waals surface area (Å²) < 4.78 is 27.0. The second kappa shape index (κ2) is 7.23. The number of hydrogen-bond acceptors (Lipinski definition) is 3. The number of sulfonamides is 1. The average Bonchev–Trinajstić information content (AvgIpc) is 3.17. The Morgan fingerprint density at radius 1 is 0.950 bits per heavy atom. The zero-order chi connectivity index (χ0) is 14.6. The van der Waals surface area contributed by atoms with Crippen molar-refractivity contribution in [2.45, 2.75) is 70.9 Å². The normalized spacial score (nSPS) is 31.4. The van der Waals surface area contributed by atoms with Crippen molar-refractivity contribution in [1.29, 1.82) is 0 Å². The smallest absolute Gasteiger partial charge is 0.211 e. The zero-order valence-corrected chi connectivity index (χ0v) is 13.7. The van der Waals surface area contributed by atoms with E-state index in [4.69, 9.17) is 0 Å². The quantitative estimate of drug-likeness (QED) is 0.676. The van der Waals surface area contributed by atoms with Gasteiger partial charge in [0.25, 0.3) is 0 Å². The fourth-order valence-electron chi connectivity index (χ4n) is 2.98. The fourth-order valence-corrected chi connectivity index (χ4v) is 4.40. The molecule has 118 valence electrons. The van der Waals surface area contributed by atoms with E-state index in [9.17, 15) is 8.42 Å². The van der Waals surface area contributed by atoms with Gasteiger partial charge in [-0.05, 0) is 63.3 Å². The topological polar surface area (TPSA) is 58.2 Å². The molecule has 3 unspecified atom stereocenters. The first-order valence-corrected chi connectivity index (χ1v) is 9.85. The fraction of sp³-hybridized carbons (Fsp3) is 1.00. The van der Waals surface area contributed by atoms with Crippen molar-refractivity contribution in [2.75, 3.05) is 12.3 Å². The Morgan fingerprint density at radius 3 is 2.30 bits per heavy atom. The van der Waals surface area contributed by atoms with Gasteiger partial charge in [-0.3, -0.25) is 0 Å². The monoisotopic (exact) mass is 302 g/mol.